The van der Waals surface area contributed by atoms with Gasteiger partial charge < -0.3 is 5.32 Å². The molecule has 1 aromatic carbocycles. The van der Waals surface area contributed by atoms with Crippen molar-refractivity contribution in [2.24, 2.45) is 0 Å². The Labute approximate surface area is 112 Å². The van der Waals surface area contributed by atoms with E-state index in [4.69, 9.17) is 0 Å². The van der Waals surface area contributed by atoms with Gasteiger partial charge in [0.15, 0.2) is 0 Å². The van der Waals surface area contributed by atoms with E-state index in [1.54, 1.807) is 19.2 Å². The maximum absolute atomic E-state index is 13.4. The molecule has 0 saturated carbocycles. The lowest BCUT2D eigenvalue weighted by molar-refractivity contribution is 0.522. The third kappa shape index (κ3) is 2.81. The molecular formula is C14H19FN4. The van der Waals surface area contributed by atoms with Gasteiger partial charge in [-0.3, -0.25) is 0 Å². The standard InChI is InChI=1S/C14H19FN4/c1-4-7-19-13(9-17-18-19)14(16-3)11-5-6-12(15)10(2)8-11/h5-6,8-9,14,16H,4,7H2,1-3H3. The second-order valence-corrected chi connectivity index (χ2v) is 4.61. The minimum atomic E-state index is -0.182. The summed E-state index contributed by atoms with van der Waals surface area (Å²) in [7, 11) is 1.88. The van der Waals surface area contributed by atoms with Crippen molar-refractivity contribution in [1.29, 1.82) is 0 Å². The Morgan fingerprint density at radius 3 is 2.84 bits per heavy atom. The molecule has 0 bridgehead atoms. The highest BCUT2D eigenvalue weighted by molar-refractivity contribution is 5.31. The Hall–Kier alpha value is -1.75. The van der Waals surface area contributed by atoms with Gasteiger partial charge in [-0.05, 0) is 37.6 Å². The van der Waals surface area contributed by atoms with Crippen LogP contribution in [0.1, 0.15) is 36.2 Å². The van der Waals surface area contributed by atoms with Crippen molar-refractivity contribution in [1.82, 2.24) is 20.3 Å². The van der Waals surface area contributed by atoms with Crippen LogP contribution in [0.4, 0.5) is 4.39 Å². The predicted octanol–water partition coefficient (Wildman–Crippen LogP) is 2.44. The van der Waals surface area contributed by atoms with E-state index in [-0.39, 0.29) is 11.9 Å². The van der Waals surface area contributed by atoms with Gasteiger partial charge >= 0.3 is 0 Å². The Bertz CT molecular complexity index is 550. The third-order valence-corrected chi connectivity index (χ3v) is 3.18. The molecule has 0 amide bonds. The lowest BCUT2D eigenvalue weighted by Crippen LogP contribution is -2.21. The van der Waals surface area contributed by atoms with E-state index in [1.807, 2.05) is 17.8 Å². The molecule has 102 valence electrons. The summed E-state index contributed by atoms with van der Waals surface area (Å²) in [6.45, 7) is 4.70. The van der Waals surface area contributed by atoms with E-state index in [0.717, 1.165) is 24.2 Å². The van der Waals surface area contributed by atoms with E-state index in [0.29, 0.717) is 5.56 Å². The fourth-order valence-corrected chi connectivity index (χ4v) is 2.21. The first-order valence-corrected chi connectivity index (χ1v) is 6.49. The summed E-state index contributed by atoms with van der Waals surface area (Å²) in [4.78, 5) is 0. The molecule has 0 aliphatic heterocycles. The van der Waals surface area contributed by atoms with Crippen LogP contribution in [0.3, 0.4) is 0 Å². The first-order valence-electron chi connectivity index (χ1n) is 6.49. The fraction of sp³-hybridized carbons (Fsp3) is 0.429. The van der Waals surface area contributed by atoms with E-state index in [1.165, 1.54) is 6.07 Å². The van der Waals surface area contributed by atoms with Crippen molar-refractivity contribution in [3.8, 4) is 0 Å². The lowest BCUT2D eigenvalue weighted by Gasteiger charge is -2.18. The van der Waals surface area contributed by atoms with Gasteiger partial charge in [0.1, 0.15) is 5.82 Å². The summed E-state index contributed by atoms with van der Waals surface area (Å²) < 4.78 is 15.2. The average Bonchev–Trinajstić information content (AvgIpc) is 2.83. The van der Waals surface area contributed by atoms with Gasteiger partial charge in [0.05, 0.1) is 17.9 Å². The zero-order valence-corrected chi connectivity index (χ0v) is 11.5. The predicted molar refractivity (Wildman–Crippen MR) is 72.4 cm³/mol. The third-order valence-electron chi connectivity index (χ3n) is 3.18. The topological polar surface area (TPSA) is 42.7 Å². The van der Waals surface area contributed by atoms with Crippen LogP contribution in [-0.2, 0) is 6.54 Å². The number of benzene rings is 1. The van der Waals surface area contributed by atoms with Gasteiger partial charge in [0, 0.05) is 6.54 Å². The molecule has 1 N–H and O–H groups in total. The average molecular weight is 262 g/mol. The summed E-state index contributed by atoms with van der Waals surface area (Å²) >= 11 is 0. The van der Waals surface area contributed by atoms with Crippen LogP contribution in [0, 0.1) is 12.7 Å². The highest BCUT2D eigenvalue weighted by atomic mass is 19.1. The quantitative estimate of drug-likeness (QED) is 0.900. The fourth-order valence-electron chi connectivity index (χ4n) is 2.21. The van der Waals surface area contributed by atoms with Gasteiger partial charge in [-0.25, -0.2) is 9.07 Å². The van der Waals surface area contributed by atoms with Crippen LogP contribution >= 0.6 is 0 Å². The van der Waals surface area contributed by atoms with Crippen LogP contribution < -0.4 is 5.32 Å². The number of aromatic nitrogens is 3. The summed E-state index contributed by atoms with van der Waals surface area (Å²) in [6, 6.07) is 5.14. The van der Waals surface area contributed by atoms with Crippen LogP contribution in [-0.4, -0.2) is 22.0 Å². The molecule has 0 aliphatic carbocycles. The molecule has 0 spiro atoms. The van der Waals surface area contributed by atoms with E-state index in [2.05, 4.69) is 22.6 Å². The van der Waals surface area contributed by atoms with E-state index >= 15 is 0 Å². The Kier molecular flexibility index (Phi) is 4.27. The van der Waals surface area contributed by atoms with Gasteiger partial charge in [-0.15, -0.1) is 5.10 Å². The van der Waals surface area contributed by atoms with Gasteiger partial charge in [-0.2, -0.15) is 0 Å². The number of hydrogen-bond donors (Lipinski definition) is 1. The van der Waals surface area contributed by atoms with Crippen LogP contribution in [0.15, 0.2) is 24.4 Å². The second kappa shape index (κ2) is 5.93. The van der Waals surface area contributed by atoms with Crippen LogP contribution in [0.5, 0.6) is 0 Å². The Morgan fingerprint density at radius 2 is 2.21 bits per heavy atom. The minimum absolute atomic E-state index is 0.0270. The number of aryl methyl sites for hydroxylation is 2. The number of nitrogens with one attached hydrogen (secondary N) is 1. The SMILES string of the molecule is CCCn1nncc1C(NC)c1ccc(F)c(C)c1. The van der Waals surface area contributed by atoms with Crippen molar-refractivity contribution < 1.29 is 4.39 Å². The Morgan fingerprint density at radius 1 is 1.42 bits per heavy atom. The van der Waals surface area contributed by atoms with Crippen molar-refractivity contribution in [3.63, 3.8) is 0 Å². The van der Waals surface area contributed by atoms with Crippen molar-refractivity contribution in [2.45, 2.75) is 32.9 Å². The van der Waals surface area contributed by atoms with E-state index < -0.39 is 0 Å². The monoisotopic (exact) mass is 262 g/mol. The summed E-state index contributed by atoms with van der Waals surface area (Å²) in [5.41, 5.74) is 2.66. The molecule has 0 radical (unpaired) electrons. The number of rotatable bonds is 5. The van der Waals surface area contributed by atoms with Crippen LogP contribution in [0.2, 0.25) is 0 Å². The lowest BCUT2D eigenvalue weighted by atomic mass is 10.0. The molecule has 0 fully saturated rings. The molecule has 2 rings (SSSR count). The number of hydrogen-bond acceptors (Lipinski definition) is 3. The van der Waals surface area contributed by atoms with Gasteiger partial charge in [-0.1, -0.05) is 24.3 Å². The van der Waals surface area contributed by atoms with Crippen molar-refractivity contribution in [3.05, 3.63) is 47.0 Å². The van der Waals surface area contributed by atoms with Gasteiger partial charge in [0.25, 0.3) is 0 Å². The second-order valence-electron chi connectivity index (χ2n) is 4.61. The van der Waals surface area contributed by atoms with Crippen molar-refractivity contribution >= 4 is 0 Å². The first-order chi connectivity index (χ1) is 9.17. The largest absolute Gasteiger partial charge is 0.308 e. The molecule has 0 saturated heterocycles. The highest BCUT2D eigenvalue weighted by Crippen LogP contribution is 2.23. The summed E-state index contributed by atoms with van der Waals surface area (Å²) in [6.07, 6.45) is 2.75. The molecule has 2 aromatic rings. The maximum Gasteiger partial charge on any atom is 0.126 e. The molecule has 0 aliphatic rings. The minimum Gasteiger partial charge on any atom is -0.308 e. The van der Waals surface area contributed by atoms with E-state index in [9.17, 15) is 4.39 Å². The van der Waals surface area contributed by atoms with Crippen LogP contribution in [0.25, 0.3) is 0 Å². The summed E-state index contributed by atoms with van der Waals surface area (Å²) in [5, 5.41) is 11.3. The first kappa shape index (κ1) is 13.7. The zero-order chi connectivity index (χ0) is 13.8. The molecule has 4 nitrogen and oxygen atoms in total. The number of nitrogens with zero attached hydrogens (tertiary/aromatic N) is 3. The molecule has 19 heavy (non-hydrogen) atoms. The molecule has 5 heteroatoms. The molecule has 1 heterocycles. The highest BCUT2D eigenvalue weighted by Gasteiger charge is 2.17. The normalized spacial score (nSPS) is 12.6. The molecule has 1 aromatic heterocycles. The Balaban J connectivity index is 2.38. The van der Waals surface area contributed by atoms with Gasteiger partial charge in [0.2, 0.25) is 0 Å². The summed E-state index contributed by atoms with van der Waals surface area (Å²) in [5.74, 6) is -0.182. The molecular weight excluding hydrogens is 243 g/mol. The molecule has 1 unspecified atom stereocenters. The molecule has 1 atom stereocenters. The number of halogens is 1. The smallest absolute Gasteiger partial charge is 0.126 e. The maximum atomic E-state index is 13.4. The van der Waals surface area contributed by atoms with Crippen molar-refractivity contribution in [2.75, 3.05) is 7.05 Å². The zero-order valence-electron chi connectivity index (χ0n) is 11.5.